The van der Waals surface area contributed by atoms with Gasteiger partial charge in [-0.1, -0.05) is 67.6 Å². The van der Waals surface area contributed by atoms with E-state index in [1.165, 1.54) is 0 Å². The molecule has 0 saturated heterocycles. The van der Waals surface area contributed by atoms with Crippen molar-refractivity contribution in [3.63, 3.8) is 0 Å². The molecule has 0 N–H and O–H groups in total. The molecule has 28 heavy (non-hydrogen) atoms. The Kier molecular flexibility index (Phi) is 6.96. The van der Waals surface area contributed by atoms with Gasteiger partial charge in [0.15, 0.2) is 11.5 Å². The summed E-state index contributed by atoms with van der Waals surface area (Å²) in [6.07, 6.45) is 2.67. The summed E-state index contributed by atoms with van der Waals surface area (Å²) in [6.45, 7) is 2.73. The van der Waals surface area contributed by atoms with E-state index < -0.39 is 0 Å². The minimum absolute atomic E-state index is 0.658. The van der Waals surface area contributed by atoms with Crippen LogP contribution in [-0.2, 0) is 0 Å². The van der Waals surface area contributed by atoms with Crippen molar-refractivity contribution in [3.05, 3.63) is 95.6 Å². The molecular formula is C24H24N2O2. The zero-order chi connectivity index (χ0) is 19.6. The first-order valence-corrected chi connectivity index (χ1v) is 9.34. The molecular weight excluding hydrogens is 348 g/mol. The van der Waals surface area contributed by atoms with Crippen LogP contribution in [0.1, 0.15) is 30.0 Å². The maximum absolute atomic E-state index is 5.69. The van der Waals surface area contributed by atoms with Crippen LogP contribution in [0.15, 0.2) is 89.1 Å². The van der Waals surface area contributed by atoms with E-state index >= 15 is 0 Å². The quantitative estimate of drug-likeness (QED) is 0.395. The summed E-state index contributed by atoms with van der Waals surface area (Å²) in [7, 11) is 1.64. The highest BCUT2D eigenvalue weighted by atomic mass is 16.5. The topological polar surface area (TPSA) is 43.2 Å². The molecule has 0 aliphatic heterocycles. The Morgan fingerprint density at radius 3 is 2.07 bits per heavy atom. The molecule has 3 rings (SSSR count). The van der Waals surface area contributed by atoms with Crippen molar-refractivity contribution in [2.45, 2.75) is 13.3 Å². The van der Waals surface area contributed by atoms with Crippen LogP contribution in [0.5, 0.6) is 11.5 Å². The van der Waals surface area contributed by atoms with E-state index in [0.717, 1.165) is 34.6 Å². The smallest absolute Gasteiger partial charge is 0.161 e. The number of hydrogen-bond acceptors (Lipinski definition) is 4. The van der Waals surface area contributed by atoms with Crippen molar-refractivity contribution >= 4 is 11.9 Å². The Morgan fingerprint density at radius 2 is 1.50 bits per heavy atom. The summed E-state index contributed by atoms with van der Waals surface area (Å²) in [4.78, 5) is 0. The lowest BCUT2D eigenvalue weighted by molar-refractivity contribution is 0.294. The Balaban J connectivity index is 1.87. The molecule has 0 aromatic heterocycles. The van der Waals surface area contributed by atoms with Gasteiger partial charge >= 0.3 is 0 Å². The highest BCUT2D eigenvalue weighted by Crippen LogP contribution is 2.27. The summed E-state index contributed by atoms with van der Waals surface area (Å²) in [5.74, 6) is 1.42. The molecule has 0 saturated carbocycles. The van der Waals surface area contributed by atoms with Gasteiger partial charge in [0.2, 0.25) is 0 Å². The second-order valence-electron chi connectivity index (χ2n) is 6.18. The average Bonchev–Trinajstić information content (AvgIpc) is 2.76. The van der Waals surface area contributed by atoms with Gasteiger partial charge in [0.25, 0.3) is 0 Å². The van der Waals surface area contributed by atoms with Gasteiger partial charge in [-0.05, 0) is 30.2 Å². The average molecular weight is 372 g/mol. The molecule has 0 bridgehead atoms. The van der Waals surface area contributed by atoms with E-state index in [1.807, 2.05) is 78.9 Å². The van der Waals surface area contributed by atoms with Crippen molar-refractivity contribution in [2.75, 3.05) is 13.7 Å². The molecule has 4 heteroatoms. The van der Waals surface area contributed by atoms with Crippen LogP contribution in [0.2, 0.25) is 0 Å². The lowest BCUT2D eigenvalue weighted by atomic mass is 10.0. The monoisotopic (exact) mass is 372 g/mol. The standard InChI is InChI=1S/C24H24N2O2/c1-3-16-28-22-15-14-19(17-23(22)27-2)18-25-26-24(20-10-6-4-7-11-20)21-12-8-5-9-13-21/h4-15,17-18H,3,16H2,1-2H3/b25-18-. The normalized spacial score (nSPS) is 10.6. The third-order valence-electron chi connectivity index (χ3n) is 4.11. The second-order valence-corrected chi connectivity index (χ2v) is 6.18. The van der Waals surface area contributed by atoms with Gasteiger partial charge in [-0.3, -0.25) is 0 Å². The molecule has 0 aliphatic rings. The van der Waals surface area contributed by atoms with E-state index in [-0.39, 0.29) is 0 Å². The molecule has 0 fully saturated rings. The molecule has 142 valence electrons. The molecule has 0 amide bonds. The second kappa shape index (κ2) is 10.1. The predicted molar refractivity (Wildman–Crippen MR) is 115 cm³/mol. The van der Waals surface area contributed by atoms with Crippen LogP contribution in [0.25, 0.3) is 0 Å². The first-order valence-electron chi connectivity index (χ1n) is 9.34. The molecule has 0 spiro atoms. The number of benzene rings is 3. The van der Waals surface area contributed by atoms with E-state index in [2.05, 4.69) is 17.1 Å². The molecule has 0 radical (unpaired) electrons. The van der Waals surface area contributed by atoms with Crippen molar-refractivity contribution < 1.29 is 9.47 Å². The van der Waals surface area contributed by atoms with Crippen LogP contribution >= 0.6 is 0 Å². The molecule has 3 aromatic carbocycles. The largest absolute Gasteiger partial charge is 0.493 e. The molecule has 0 heterocycles. The number of hydrogen-bond donors (Lipinski definition) is 0. The highest BCUT2D eigenvalue weighted by molar-refractivity contribution is 6.12. The fourth-order valence-corrected chi connectivity index (χ4v) is 2.72. The van der Waals surface area contributed by atoms with Crippen LogP contribution in [-0.4, -0.2) is 25.6 Å². The Labute approximate surface area is 166 Å². The lowest BCUT2D eigenvalue weighted by Gasteiger charge is -2.10. The maximum Gasteiger partial charge on any atom is 0.161 e. The van der Waals surface area contributed by atoms with Crippen molar-refractivity contribution in [1.29, 1.82) is 0 Å². The SMILES string of the molecule is CCCOc1ccc(/C=N\N=C(c2ccccc2)c2ccccc2)cc1OC. The number of ether oxygens (including phenoxy) is 2. The summed E-state index contributed by atoms with van der Waals surface area (Å²) in [5.41, 5.74) is 3.76. The van der Waals surface area contributed by atoms with Crippen LogP contribution in [0.4, 0.5) is 0 Å². The van der Waals surface area contributed by atoms with Crippen LogP contribution < -0.4 is 9.47 Å². The van der Waals surface area contributed by atoms with Crippen LogP contribution in [0, 0.1) is 0 Å². The van der Waals surface area contributed by atoms with Gasteiger partial charge in [0, 0.05) is 11.1 Å². The lowest BCUT2D eigenvalue weighted by Crippen LogP contribution is -2.02. The summed E-state index contributed by atoms with van der Waals surface area (Å²) in [6, 6.07) is 25.8. The minimum Gasteiger partial charge on any atom is -0.493 e. The van der Waals surface area contributed by atoms with Crippen molar-refractivity contribution in [1.82, 2.24) is 0 Å². The van der Waals surface area contributed by atoms with Crippen molar-refractivity contribution in [3.8, 4) is 11.5 Å². The van der Waals surface area contributed by atoms with E-state index in [9.17, 15) is 0 Å². The van der Waals surface area contributed by atoms with Gasteiger partial charge in [-0.25, -0.2) is 0 Å². The minimum atomic E-state index is 0.658. The summed E-state index contributed by atoms with van der Waals surface area (Å²) < 4.78 is 11.1. The van der Waals surface area contributed by atoms with Gasteiger partial charge in [0.05, 0.1) is 19.9 Å². The molecule has 0 unspecified atom stereocenters. The van der Waals surface area contributed by atoms with Gasteiger partial charge in [-0.15, -0.1) is 5.10 Å². The maximum atomic E-state index is 5.69. The Hall–Kier alpha value is -3.40. The summed E-state index contributed by atoms with van der Waals surface area (Å²) >= 11 is 0. The number of rotatable bonds is 8. The Morgan fingerprint density at radius 1 is 0.857 bits per heavy atom. The van der Waals surface area contributed by atoms with Crippen molar-refractivity contribution in [2.24, 2.45) is 10.2 Å². The van der Waals surface area contributed by atoms with Crippen LogP contribution in [0.3, 0.4) is 0 Å². The van der Waals surface area contributed by atoms with E-state index in [4.69, 9.17) is 9.47 Å². The third-order valence-corrected chi connectivity index (χ3v) is 4.11. The molecule has 0 aliphatic carbocycles. The molecule has 4 nitrogen and oxygen atoms in total. The summed E-state index contributed by atoms with van der Waals surface area (Å²) in [5, 5.41) is 8.83. The predicted octanol–water partition coefficient (Wildman–Crippen LogP) is 5.36. The van der Waals surface area contributed by atoms with E-state index in [1.54, 1.807) is 13.3 Å². The Bertz CT molecular complexity index is 894. The first kappa shape index (κ1) is 19.4. The number of nitrogens with zero attached hydrogens (tertiary/aromatic N) is 2. The first-order chi connectivity index (χ1) is 13.8. The number of methoxy groups -OCH3 is 1. The fraction of sp³-hybridized carbons (Fsp3) is 0.167. The fourth-order valence-electron chi connectivity index (χ4n) is 2.72. The molecule has 0 atom stereocenters. The highest BCUT2D eigenvalue weighted by Gasteiger charge is 2.07. The zero-order valence-corrected chi connectivity index (χ0v) is 16.2. The van der Waals surface area contributed by atoms with E-state index in [0.29, 0.717) is 12.4 Å². The van der Waals surface area contributed by atoms with Gasteiger partial charge in [0.1, 0.15) is 5.71 Å². The molecule has 3 aromatic rings. The van der Waals surface area contributed by atoms with Gasteiger partial charge in [-0.2, -0.15) is 5.10 Å². The zero-order valence-electron chi connectivity index (χ0n) is 16.2. The third kappa shape index (κ3) is 5.07. The van der Waals surface area contributed by atoms with Gasteiger partial charge < -0.3 is 9.47 Å².